The van der Waals surface area contributed by atoms with Gasteiger partial charge in [-0.1, -0.05) is 18.2 Å². The molecule has 2 aliphatic rings. The molecule has 3 rings (SSSR count). The summed E-state index contributed by atoms with van der Waals surface area (Å²) in [7, 11) is 0. The maximum absolute atomic E-state index is 13.1. The molecule has 2 fully saturated rings. The summed E-state index contributed by atoms with van der Waals surface area (Å²) in [4.78, 5) is 39.2. The molecule has 0 radical (unpaired) electrons. The Morgan fingerprint density at radius 3 is 2.31 bits per heavy atom. The summed E-state index contributed by atoms with van der Waals surface area (Å²) in [5.74, 6) is -0.953. The second-order valence-electron chi connectivity index (χ2n) is 7.20. The van der Waals surface area contributed by atoms with Gasteiger partial charge in [0.15, 0.2) is 0 Å². The number of hydrogen-bond donors (Lipinski definition) is 2. The average molecular weight is 413 g/mol. The van der Waals surface area contributed by atoms with Crippen molar-refractivity contribution in [3.63, 3.8) is 0 Å². The quantitative estimate of drug-likeness (QED) is 0.794. The fourth-order valence-corrected chi connectivity index (χ4v) is 4.00. The van der Waals surface area contributed by atoms with Crippen molar-refractivity contribution in [2.24, 2.45) is 0 Å². The molecule has 3 amide bonds. The molecule has 7 nitrogen and oxygen atoms in total. The number of amides is 3. The lowest BCUT2D eigenvalue weighted by atomic mass is 10.1. The summed E-state index contributed by atoms with van der Waals surface area (Å²) >= 11 is 0. The lowest BCUT2D eigenvalue weighted by molar-refractivity contribution is -0.141. The minimum Gasteiger partial charge on any atom is -0.465 e. The highest BCUT2D eigenvalue weighted by Crippen LogP contribution is 2.32. The number of likely N-dealkylation sites (tertiary alicyclic amines) is 2. The monoisotopic (exact) mass is 413 g/mol. The summed E-state index contributed by atoms with van der Waals surface area (Å²) in [6.07, 6.45) is -3.78. The summed E-state index contributed by atoms with van der Waals surface area (Å²) in [6.45, 7) is 0.280. The topological polar surface area (TPSA) is 90.0 Å². The van der Waals surface area contributed by atoms with E-state index < -0.39 is 41.7 Å². The number of alkyl halides is 3. The first-order valence-electron chi connectivity index (χ1n) is 9.43. The first-order valence-corrected chi connectivity index (χ1v) is 9.43. The van der Waals surface area contributed by atoms with Crippen LogP contribution in [-0.2, 0) is 22.3 Å². The Bertz CT molecular complexity index is 799. The van der Waals surface area contributed by atoms with Crippen LogP contribution >= 0.6 is 0 Å². The highest BCUT2D eigenvalue weighted by atomic mass is 19.4. The predicted octanol–water partition coefficient (Wildman–Crippen LogP) is 2.46. The molecule has 0 aromatic heterocycles. The smallest absolute Gasteiger partial charge is 0.416 e. The van der Waals surface area contributed by atoms with Crippen LogP contribution in [0.5, 0.6) is 0 Å². The largest absolute Gasteiger partial charge is 0.465 e. The molecular formula is C19H22F3N3O4. The number of rotatable bonds is 4. The Balaban J connectivity index is 1.67. The van der Waals surface area contributed by atoms with Gasteiger partial charge in [0.25, 0.3) is 0 Å². The average Bonchev–Trinajstić information content (AvgIpc) is 3.34. The van der Waals surface area contributed by atoms with Crippen LogP contribution in [0.4, 0.5) is 18.0 Å². The summed E-state index contributed by atoms with van der Waals surface area (Å²) in [5.41, 5.74) is -0.875. The third-order valence-electron chi connectivity index (χ3n) is 5.40. The minimum atomic E-state index is -4.53. The van der Waals surface area contributed by atoms with Crippen LogP contribution in [0, 0.1) is 0 Å². The molecule has 2 atom stereocenters. The Kier molecular flexibility index (Phi) is 5.99. The van der Waals surface area contributed by atoms with E-state index in [1.54, 1.807) is 0 Å². The van der Waals surface area contributed by atoms with Gasteiger partial charge in [0.2, 0.25) is 11.8 Å². The van der Waals surface area contributed by atoms with Crippen molar-refractivity contribution in [1.29, 1.82) is 0 Å². The first kappa shape index (κ1) is 20.9. The van der Waals surface area contributed by atoms with Crippen molar-refractivity contribution >= 4 is 17.9 Å². The highest BCUT2D eigenvalue weighted by Gasteiger charge is 2.42. The number of nitrogens with zero attached hydrogens (tertiary/aromatic N) is 2. The van der Waals surface area contributed by atoms with E-state index in [1.165, 1.54) is 23.1 Å². The lowest BCUT2D eigenvalue weighted by Gasteiger charge is -2.29. The molecule has 2 N–H and O–H groups in total. The first-order chi connectivity index (χ1) is 13.7. The second-order valence-corrected chi connectivity index (χ2v) is 7.20. The van der Waals surface area contributed by atoms with Gasteiger partial charge in [0.1, 0.15) is 12.1 Å². The van der Waals surface area contributed by atoms with Crippen molar-refractivity contribution in [3.05, 3.63) is 35.4 Å². The van der Waals surface area contributed by atoms with Gasteiger partial charge >= 0.3 is 12.3 Å². The van der Waals surface area contributed by atoms with E-state index in [9.17, 15) is 32.7 Å². The molecule has 2 saturated heterocycles. The van der Waals surface area contributed by atoms with E-state index in [0.717, 1.165) is 11.0 Å². The van der Waals surface area contributed by atoms with Gasteiger partial charge in [-0.15, -0.1) is 0 Å². The number of carbonyl (C=O) groups excluding carboxylic acids is 2. The standard InChI is InChI=1S/C19H22F3N3O4/c20-19(21,22)13-6-2-1-5-12(13)11-23-16(26)14-7-3-9-24(14)17(27)15-8-4-10-25(15)18(28)29/h1-2,5-6,14-15H,3-4,7-11H2,(H,23,26)(H,28,29)/t14-,15?/m0/s1. The van der Waals surface area contributed by atoms with Crippen LogP contribution in [0.1, 0.15) is 36.8 Å². The zero-order valence-corrected chi connectivity index (χ0v) is 15.6. The van der Waals surface area contributed by atoms with E-state index in [2.05, 4.69) is 5.32 Å². The molecule has 10 heteroatoms. The van der Waals surface area contributed by atoms with Crippen molar-refractivity contribution in [2.45, 2.75) is 50.5 Å². The van der Waals surface area contributed by atoms with Crippen molar-refractivity contribution < 1.29 is 32.7 Å². The van der Waals surface area contributed by atoms with Crippen molar-refractivity contribution in [2.75, 3.05) is 13.1 Å². The third kappa shape index (κ3) is 4.46. The number of hydrogen-bond acceptors (Lipinski definition) is 3. The molecule has 0 saturated carbocycles. The lowest BCUT2D eigenvalue weighted by Crippen LogP contribution is -2.52. The van der Waals surface area contributed by atoms with E-state index in [1.807, 2.05) is 0 Å². The number of nitrogens with one attached hydrogen (secondary N) is 1. The molecule has 0 spiro atoms. The van der Waals surface area contributed by atoms with Gasteiger partial charge in [-0.2, -0.15) is 13.2 Å². The molecule has 1 unspecified atom stereocenters. The zero-order chi connectivity index (χ0) is 21.2. The molecule has 1 aromatic carbocycles. The maximum atomic E-state index is 13.1. The molecule has 1 aromatic rings. The summed E-state index contributed by atoms with van der Waals surface area (Å²) < 4.78 is 39.3. The maximum Gasteiger partial charge on any atom is 0.416 e. The second kappa shape index (κ2) is 8.30. The fraction of sp³-hybridized carbons (Fsp3) is 0.526. The van der Waals surface area contributed by atoms with Gasteiger partial charge in [-0.3, -0.25) is 14.5 Å². The third-order valence-corrected chi connectivity index (χ3v) is 5.40. The Morgan fingerprint density at radius 2 is 1.66 bits per heavy atom. The number of carboxylic acid groups (broad SMARTS) is 1. The Morgan fingerprint density at radius 1 is 1.03 bits per heavy atom. The minimum absolute atomic E-state index is 0.0583. The zero-order valence-electron chi connectivity index (χ0n) is 15.6. The molecule has 158 valence electrons. The number of carbonyl (C=O) groups is 3. The highest BCUT2D eigenvalue weighted by molar-refractivity contribution is 5.92. The van der Waals surface area contributed by atoms with Crippen LogP contribution in [-0.4, -0.2) is 58.0 Å². The SMILES string of the molecule is O=C(NCc1ccccc1C(F)(F)F)[C@@H]1CCCN1C(=O)C1CCCN1C(=O)O. The molecule has 0 aliphatic carbocycles. The van der Waals surface area contributed by atoms with Crippen LogP contribution in [0.25, 0.3) is 0 Å². The Labute approximate surface area is 165 Å². The molecule has 29 heavy (non-hydrogen) atoms. The van der Waals surface area contributed by atoms with Gasteiger partial charge in [-0.25, -0.2) is 4.79 Å². The normalized spacial score (nSPS) is 22.0. The number of halogens is 3. The van der Waals surface area contributed by atoms with Crippen LogP contribution in [0.3, 0.4) is 0 Å². The Hall–Kier alpha value is -2.78. The molecular weight excluding hydrogens is 391 g/mol. The van der Waals surface area contributed by atoms with Gasteiger partial charge in [0, 0.05) is 19.6 Å². The van der Waals surface area contributed by atoms with E-state index >= 15 is 0 Å². The fourth-order valence-electron chi connectivity index (χ4n) is 4.00. The molecule has 0 bridgehead atoms. The summed E-state index contributed by atoms with van der Waals surface area (Å²) in [5, 5.41) is 11.7. The van der Waals surface area contributed by atoms with Crippen LogP contribution in [0.2, 0.25) is 0 Å². The van der Waals surface area contributed by atoms with Gasteiger partial charge < -0.3 is 15.3 Å². The predicted molar refractivity (Wildman–Crippen MR) is 95.8 cm³/mol. The van der Waals surface area contributed by atoms with E-state index in [-0.39, 0.29) is 18.7 Å². The van der Waals surface area contributed by atoms with Crippen LogP contribution in [0.15, 0.2) is 24.3 Å². The molecule has 2 heterocycles. The molecule has 2 aliphatic heterocycles. The van der Waals surface area contributed by atoms with Crippen LogP contribution < -0.4 is 5.32 Å². The van der Waals surface area contributed by atoms with Crippen molar-refractivity contribution in [3.8, 4) is 0 Å². The summed E-state index contributed by atoms with van der Waals surface area (Å²) in [6, 6.07) is 3.37. The van der Waals surface area contributed by atoms with E-state index in [0.29, 0.717) is 32.2 Å². The number of benzene rings is 1. The van der Waals surface area contributed by atoms with Gasteiger partial charge in [-0.05, 0) is 37.3 Å². The van der Waals surface area contributed by atoms with Crippen molar-refractivity contribution in [1.82, 2.24) is 15.1 Å². The van der Waals surface area contributed by atoms with Gasteiger partial charge in [0.05, 0.1) is 5.56 Å². The van der Waals surface area contributed by atoms with E-state index in [4.69, 9.17) is 0 Å².